The van der Waals surface area contributed by atoms with E-state index in [2.05, 4.69) is 27.9 Å². The number of ether oxygens (including phenoxy) is 2. The molecule has 0 amide bonds. The fourth-order valence-corrected chi connectivity index (χ4v) is 3.45. The third-order valence-corrected chi connectivity index (χ3v) is 4.74. The maximum Gasteiger partial charge on any atom is 0.168 e. The summed E-state index contributed by atoms with van der Waals surface area (Å²) in [6, 6.07) is 5.27. The highest BCUT2D eigenvalue weighted by Crippen LogP contribution is 2.37. The van der Waals surface area contributed by atoms with Crippen LogP contribution in [-0.4, -0.2) is 25.0 Å². The molecule has 2 aliphatic rings. The van der Waals surface area contributed by atoms with Crippen molar-refractivity contribution in [1.29, 1.82) is 0 Å². The van der Waals surface area contributed by atoms with Crippen LogP contribution in [0.15, 0.2) is 18.2 Å². The Morgan fingerprint density at radius 3 is 2.53 bits per heavy atom. The van der Waals surface area contributed by atoms with Crippen molar-refractivity contribution in [1.82, 2.24) is 0 Å². The van der Waals surface area contributed by atoms with Crippen molar-refractivity contribution in [3.63, 3.8) is 0 Å². The van der Waals surface area contributed by atoms with Gasteiger partial charge >= 0.3 is 0 Å². The largest absolute Gasteiger partial charge is 0.381 e. The van der Waals surface area contributed by atoms with Gasteiger partial charge in [-0.1, -0.05) is 0 Å². The van der Waals surface area contributed by atoms with Gasteiger partial charge in [-0.15, -0.1) is 0 Å². The van der Waals surface area contributed by atoms with Crippen molar-refractivity contribution in [2.24, 2.45) is 0 Å². The van der Waals surface area contributed by atoms with E-state index in [4.69, 9.17) is 9.47 Å². The van der Waals surface area contributed by atoms with Crippen LogP contribution in [0.3, 0.4) is 0 Å². The highest BCUT2D eigenvalue weighted by atomic mass is 127. The third kappa shape index (κ3) is 3.03. The van der Waals surface area contributed by atoms with Gasteiger partial charge < -0.3 is 14.8 Å². The first kappa shape index (κ1) is 13.6. The minimum absolute atomic E-state index is 0.190. The zero-order valence-corrected chi connectivity index (χ0v) is 12.8. The van der Waals surface area contributed by atoms with E-state index in [0.717, 1.165) is 34.9 Å². The van der Waals surface area contributed by atoms with Gasteiger partial charge in [-0.25, -0.2) is 4.39 Å². The minimum Gasteiger partial charge on any atom is -0.381 e. The predicted molar refractivity (Wildman–Crippen MR) is 79.6 cm³/mol. The molecule has 1 aromatic carbocycles. The summed E-state index contributed by atoms with van der Waals surface area (Å²) < 4.78 is 25.4. The molecule has 104 valence electrons. The lowest BCUT2D eigenvalue weighted by molar-refractivity contribution is -0.177. The Labute approximate surface area is 126 Å². The van der Waals surface area contributed by atoms with Crippen molar-refractivity contribution in [2.75, 3.05) is 18.5 Å². The molecule has 1 aliphatic heterocycles. The molecular formula is C14H17FINO2. The molecule has 1 spiro atoms. The minimum atomic E-state index is -0.311. The molecule has 1 aliphatic carbocycles. The third-order valence-electron chi connectivity index (χ3n) is 3.85. The predicted octanol–water partition coefficient (Wildman–Crippen LogP) is 3.53. The monoisotopic (exact) mass is 377 g/mol. The van der Waals surface area contributed by atoms with Crippen molar-refractivity contribution >= 4 is 28.3 Å². The lowest BCUT2D eigenvalue weighted by Crippen LogP contribution is -2.39. The molecule has 1 saturated carbocycles. The maximum atomic E-state index is 13.1. The molecule has 0 radical (unpaired) electrons. The SMILES string of the molecule is Fc1ccc(NC2CCC3(CC2)OCCO3)c(I)c1. The van der Waals surface area contributed by atoms with Crippen LogP contribution in [0.2, 0.25) is 0 Å². The van der Waals surface area contributed by atoms with Gasteiger partial charge in [0.1, 0.15) is 5.82 Å². The number of rotatable bonds is 2. The van der Waals surface area contributed by atoms with Gasteiger partial charge in [0.2, 0.25) is 0 Å². The quantitative estimate of drug-likeness (QED) is 0.801. The number of hydrogen-bond acceptors (Lipinski definition) is 3. The summed E-state index contributed by atoms with van der Waals surface area (Å²) in [7, 11) is 0. The van der Waals surface area contributed by atoms with Gasteiger partial charge in [0.05, 0.1) is 13.2 Å². The van der Waals surface area contributed by atoms with E-state index in [1.54, 1.807) is 6.07 Å². The molecule has 1 heterocycles. The lowest BCUT2D eigenvalue weighted by Gasteiger charge is -2.36. The van der Waals surface area contributed by atoms with Crippen LogP contribution in [0.1, 0.15) is 25.7 Å². The second-order valence-electron chi connectivity index (χ2n) is 5.15. The molecule has 0 atom stereocenters. The van der Waals surface area contributed by atoms with Crippen molar-refractivity contribution in [3.05, 3.63) is 27.6 Å². The second-order valence-corrected chi connectivity index (χ2v) is 6.31. The van der Waals surface area contributed by atoms with E-state index in [9.17, 15) is 4.39 Å². The molecule has 3 nitrogen and oxygen atoms in total. The van der Waals surface area contributed by atoms with Crippen LogP contribution in [0.4, 0.5) is 10.1 Å². The fourth-order valence-electron chi connectivity index (χ4n) is 2.81. The van der Waals surface area contributed by atoms with E-state index in [1.807, 2.05) is 6.07 Å². The van der Waals surface area contributed by atoms with Gasteiger partial charge in [-0.3, -0.25) is 0 Å². The van der Waals surface area contributed by atoms with Crippen LogP contribution in [0.5, 0.6) is 0 Å². The molecule has 5 heteroatoms. The molecule has 1 aromatic rings. The van der Waals surface area contributed by atoms with Crippen LogP contribution < -0.4 is 5.32 Å². The summed E-state index contributed by atoms with van der Waals surface area (Å²) in [6.45, 7) is 1.43. The molecule has 0 unspecified atom stereocenters. The van der Waals surface area contributed by atoms with Gasteiger partial charge in [-0.2, -0.15) is 0 Å². The van der Waals surface area contributed by atoms with Gasteiger partial charge in [0.25, 0.3) is 0 Å². The van der Waals surface area contributed by atoms with E-state index in [1.165, 1.54) is 6.07 Å². The van der Waals surface area contributed by atoms with Crippen LogP contribution in [-0.2, 0) is 9.47 Å². The first-order valence-corrected chi connectivity index (χ1v) is 7.74. The topological polar surface area (TPSA) is 30.5 Å². The Kier molecular flexibility index (Phi) is 3.96. The van der Waals surface area contributed by atoms with E-state index >= 15 is 0 Å². The summed E-state index contributed by atoms with van der Waals surface area (Å²) in [5.41, 5.74) is 1.01. The number of benzene rings is 1. The maximum absolute atomic E-state index is 13.1. The van der Waals surface area contributed by atoms with Crippen molar-refractivity contribution < 1.29 is 13.9 Å². The molecule has 1 saturated heterocycles. The van der Waals surface area contributed by atoms with Crippen molar-refractivity contribution in [3.8, 4) is 0 Å². The van der Waals surface area contributed by atoms with Gasteiger partial charge in [-0.05, 0) is 53.6 Å². The summed E-state index contributed by atoms with van der Waals surface area (Å²) in [5.74, 6) is -0.501. The highest BCUT2D eigenvalue weighted by Gasteiger charge is 2.40. The van der Waals surface area contributed by atoms with Crippen LogP contribution >= 0.6 is 22.6 Å². The first-order valence-electron chi connectivity index (χ1n) is 6.66. The van der Waals surface area contributed by atoms with Crippen molar-refractivity contribution in [2.45, 2.75) is 37.5 Å². The average molecular weight is 377 g/mol. The Morgan fingerprint density at radius 2 is 1.89 bits per heavy atom. The Balaban J connectivity index is 1.60. The molecule has 2 fully saturated rings. The Hall–Kier alpha value is -0.400. The van der Waals surface area contributed by atoms with Crippen LogP contribution in [0, 0.1) is 9.39 Å². The summed E-state index contributed by atoms with van der Waals surface area (Å²) >= 11 is 2.16. The molecule has 19 heavy (non-hydrogen) atoms. The first-order chi connectivity index (χ1) is 9.17. The Bertz CT molecular complexity index is 453. The molecular weight excluding hydrogens is 360 g/mol. The number of halogens is 2. The number of hydrogen-bond donors (Lipinski definition) is 1. The van der Waals surface area contributed by atoms with E-state index < -0.39 is 0 Å². The van der Waals surface area contributed by atoms with E-state index in [-0.39, 0.29) is 11.6 Å². The average Bonchev–Trinajstić information content (AvgIpc) is 2.84. The molecule has 1 N–H and O–H groups in total. The molecule has 0 aromatic heterocycles. The van der Waals surface area contributed by atoms with Crippen LogP contribution in [0.25, 0.3) is 0 Å². The second kappa shape index (κ2) is 5.54. The zero-order valence-electron chi connectivity index (χ0n) is 10.6. The fraction of sp³-hybridized carbons (Fsp3) is 0.571. The number of anilines is 1. The summed E-state index contributed by atoms with van der Waals surface area (Å²) in [6.07, 6.45) is 3.91. The summed E-state index contributed by atoms with van der Waals surface area (Å²) in [5, 5.41) is 3.50. The molecule has 0 bridgehead atoms. The normalized spacial score (nSPS) is 22.8. The van der Waals surface area contributed by atoms with Gasteiger partial charge in [0, 0.05) is 28.1 Å². The van der Waals surface area contributed by atoms with E-state index in [0.29, 0.717) is 19.3 Å². The van der Waals surface area contributed by atoms with Gasteiger partial charge in [0.15, 0.2) is 5.79 Å². The summed E-state index contributed by atoms with van der Waals surface area (Å²) in [4.78, 5) is 0. The highest BCUT2D eigenvalue weighted by molar-refractivity contribution is 14.1. The standard InChI is InChI=1S/C14H17FINO2/c15-10-1-2-13(12(16)9-10)17-11-3-5-14(6-4-11)18-7-8-19-14/h1-2,9,11,17H,3-8H2. The Morgan fingerprint density at radius 1 is 1.21 bits per heavy atom. The number of nitrogens with one attached hydrogen (secondary N) is 1. The molecule has 3 rings (SSSR count). The lowest BCUT2D eigenvalue weighted by atomic mass is 9.90. The smallest absolute Gasteiger partial charge is 0.168 e. The zero-order chi connectivity index (χ0) is 13.3.